The maximum absolute atomic E-state index is 13.0. The van der Waals surface area contributed by atoms with Gasteiger partial charge >= 0.3 is 0 Å². The second kappa shape index (κ2) is 8.54. The SMILES string of the molecule is O=C1C2=C(C(=O)c3ccccc31)N(CCCc1ccc(N3CCN4CCCC4C3)cc1)[NH+]([O-])N2. The minimum absolute atomic E-state index is 0.111. The van der Waals surface area contributed by atoms with Gasteiger partial charge in [-0.2, -0.15) is 10.3 Å². The van der Waals surface area contributed by atoms with Crippen molar-refractivity contribution in [3.63, 3.8) is 0 Å². The molecule has 0 aromatic heterocycles. The van der Waals surface area contributed by atoms with Crippen molar-refractivity contribution in [2.75, 3.05) is 37.6 Å². The van der Waals surface area contributed by atoms with Crippen LogP contribution < -0.4 is 15.6 Å². The minimum atomic E-state index is -0.402. The summed E-state index contributed by atoms with van der Waals surface area (Å²) in [5.74, 6) is -0.565. The molecule has 0 bridgehead atoms. The molecule has 2 unspecified atom stereocenters. The van der Waals surface area contributed by atoms with E-state index in [1.54, 1.807) is 24.3 Å². The van der Waals surface area contributed by atoms with E-state index in [9.17, 15) is 14.8 Å². The Bertz CT molecular complexity index is 1160. The Morgan fingerprint density at radius 2 is 1.74 bits per heavy atom. The van der Waals surface area contributed by atoms with Crippen LogP contribution in [-0.4, -0.2) is 60.2 Å². The summed E-state index contributed by atoms with van der Waals surface area (Å²) in [6, 6.07) is 16.2. The van der Waals surface area contributed by atoms with Gasteiger partial charge < -0.3 is 10.1 Å². The van der Waals surface area contributed by atoms with Crippen LogP contribution in [0.2, 0.25) is 0 Å². The lowest BCUT2D eigenvalue weighted by Gasteiger charge is -2.38. The molecule has 2 aromatic rings. The number of carbonyl (C=O) groups excluding carboxylic acids is 2. The van der Waals surface area contributed by atoms with E-state index < -0.39 is 5.28 Å². The molecule has 0 radical (unpaired) electrons. The van der Waals surface area contributed by atoms with E-state index in [0.29, 0.717) is 30.1 Å². The second-order valence-corrected chi connectivity index (χ2v) is 9.56. The normalized spacial score (nSPS) is 24.3. The molecule has 0 saturated carbocycles. The summed E-state index contributed by atoms with van der Waals surface area (Å²) in [5, 5.41) is 13.6. The van der Waals surface area contributed by atoms with Crippen molar-refractivity contribution < 1.29 is 14.9 Å². The fourth-order valence-electron chi connectivity index (χ4n) is 5.77. The fourth-order valence-corrected chi connectivity index (χ4v) is 5.77. The third-order valence-electron chi connectivity index (χ3n) is 7.58. The Morgan fingerprint density at radius 1 is 0.971 bits per heavy atom. The van der Waals surface area contributed by atoms with Crippen LogP contribution in [0.4, 0.5) is 5.69 Å². The Labute approximate surface area is 198 Å². The maximum atomic E-state index is 13.0. The zero-order valence-electron chi connectivity index (χ0n) is 19.1. The van der Waals surface area contributed by atoms with E-state index in [1.807, 2.05) is 0 Å². The van der Waals surface area contributed by atoms with E-state index >= 15 is 0 Å². The number of nitrogens with zero attached hydrogens (tertiary/aromatic N) is 3. The standard InChI is InChI=1S/C26H29N5O3/c32-25-21-7-1-2-8-22(21)26(33)24-23(25)27-31(34)30(24)14-3-5-18-9-11-19(12-10-18)29-16-15-28-13-4-6-20(28)17-29/h1-2,7-12,20,27,31H,3-6,13-17H2. The van der Waals surface area contributed by atoms with Crippen LogP contribution in [0, 0.1) is 5.21 Å². The molecule has 4 aliphatic rings. The highest BCUT2D eigenvalue weighted by Crippen LogP contribution is 2.28. The van der Waals surface area contributed by atoms with Crippen LogP contribution in [0.1, 0.15) is 45.5 Å². The number of quaternary nitrogens is 1. The van der Waals surface area contributed by atoms with Gasteiger partial charge in [0.25, 0.3) is 0 Å². The average molecular weight is 460 g/mol. The molecule has 2 saturated heterocycles. The number of ketones is 2. The lowest BCUT2D eigenvalue weighted by Crippen LogP contribution is -3.17. The van der Waals surface area contributed by atoms with Gasteiger partial charge in [-0.15, -0.1) is 0 Å². The number of anilines is 1. The van der Waals surface area contributed by atoms with Crippen LogP contribution >= 0.6 is 0 Å². The van der Waals surface area contributed by atoms with Crippen molar-refractivity contribution >= 4 is 17.3 Å². The van der Waals surface area contributed by atoms with Gasteiger partial charge in [-0.3, -0.25) is 14.5 Å². The summed E-state index contributed by atoms with van der Waals surface area (Å²) in [7, 11) is 0. The highest BCUT2D eigenvalue weighted by Gasteiger charge is 2.43. The van der Waals surface area contributed by atoms with Crippen LogP contribution in [-0.2, 0) is 6.42 Å². The molecule has 1 aliphatic carbocycles. The number of benzene rings is 2. The van der Waals surface area contributed by atoms with Crippen LogP contribution in [0.25, 0.3) is 0 Å². The van der Waals surface area contributed by atoms with Crippen molar-refractivity contribution in [1.82, 2.24) is 15.3 Å². The number of aryl methyl sites for hydroxylation is 1. The number of carbonyl (C=O) groups is 2. The van der Waals surface area contributed by atoms with Gasteiger partial charge in [-0.25, -0.2) is 5.43 Å². The lowest BCUT2D eigenvalue weighted by molar-refractivity contribution is -0.993. The van der Waals surface area contributed by atoms with E-state index in [0.717, 1.165) is 26.1 Å². The maximum Gasteiger partial charge on any atom is 0.217 e. The van der Waals surface area contributed by atoms with Gasteiger partial charge in [0.2, 0.25) is 11.6 Å². The van der Waals surface area contributed by atoms with Crippen molar-refractivity contribution in [2.45, 2.75) is 31.7 Å². The first-order chi connectivity index (χ1) is 16.6. The van der Waals surface area contributed by atoms with Crippen LogP contribution in [0.3, 0.4) is 0 Å². The fraction of sp³-hybridized carbons (Fsp3) is 0.385. The average Bonchev–Trinajstić information content (AvgIpc) is 3.47. The van der Waals surface area contributed by atoms with Crippen molar-refractivity contribution in [3.8, 4) is 0 Å². The predicted molar refractivity (Wildman–Crippen MR) is 128 cm³/mol. The zero-order chi connectivity index (χ0) is 23.2. The molecule has 6 rings (SSSR count). The molecule has 0 amide bonds. The molecule has 8 nitrogen and oxygen atoms in total. The summed E-state index contributed by atoms with van der Waals surface area (Å²) in [6.45, 7) is 4.96. The van der Waals surface area contributed by atoms with Crippen molar-refractivity contribution in [2.24, 2.45) is 0 Å². The molecule has 3 aliphatic heterocycles. The summed E-state index contributed by atoms with van der Waals surface area (Å²) in [4.78, 5) is 30.9. The molecule has 176 valence electrons. The summed E-state index contributed by atoms with van der Waals surface area (Å²) in [5.41, 5.74) is 6.11. The zero-order valence-corrected chi connectivity index (χ0v) is 19.1. The largest absolute Gasteiger partial charge is 0.582 e. The molecule has 2 fully saturated rings. The number of hydrogen-bond donors (Lipinski definition) is 2. The Hall–Kier alpha value is -3.20. The first-order valence-electron chi connectivity index (χ1n) is 12.2. The van der Waals surface area contributed by atoms with Crippen molar-refractivity contribution in [3.05, 3.63) is 81.8 Å². The monoisotopic (exact) mass is 459 g/mol. The van der Waals surface area contributed by atoms with Gasteiger partial charge in [0.05, 0.1) is 6.54 Å². The third kappa shape index (κ3) is 3.58. The van der Waals surface area contributed by atoms with E-state index in [4.69, 9.17) is 0 Å². The second-order valence-electron chi connectivity index (χ2n) is 9.56. The first-order valence-corrected chi connectivity index (χ1v) is 12.2. The summed E-state index contributed by atoms with van der Waals surface area (Å²) < 4.78 is 0. The Morgan fingerprint density at radius 3 is 2.53 bits per heavy atom. The molecule has 2 aromatic carbocycles. The van der Waals surface area contributed by atoms with Gasteiger partial charge in [-0.1, -0.05) is 36.4 Å². The predicted octanol–water partition coefficient (Wildman–Crippen LogP) is 1.31. The van der Waals surface area contributed by atoms with Gasteiger partial charge in [-0.05, 0) is 49.9 Å². The molecule has 34 heavy (non-hydrogen) atoms. The lowest BCUT2D eigenvalue weighted by atomic mass is 9.90. The van der Waals surface area contributed by atoms with E-state index in [2.05, 4.69) is 39.5 Å². The van der Waals surface area contributed by atoms with Gasteiger partial charge in [0.15, 0.2) is 11.4 Å². The molecule has 2 atom stereocenters. The van der Waals surface area contributed by atoms with Gasteiger partial charge in [0, 0.05) is 42.5 Å². The number of piperazine rings is 1. The molecule has 3 heterocycles. The highest BCUT2D eigenvalue weighted by atomic mass is 16.6. The molecular weight excluding hydrogens is 430 g/mol. The number of rotatable bonds is 5. The summed E-state index contributed by atoms with van der Waals surface area (Å²) >= 11 is 0. The van der Waals surface area contributed by atoms with Crippen molar-refractivity contribution in [1.29, 1.82) is 0 Å². The first kappa shape index (κ1) is 21.3. The highest BCUT2D eigenvalue weighted by molar-refractivity contribution is 6.26. The number of nitrogens with one attached hydrogen (secondary N) is 2. The molecule has 0 spiro atoms. The van der Waals surface area contributed by atoms with E-state index in [-0.39, 0.29) is 23.0 Å². The van der Waals surface area contributed by atoms with Gasteiger partial charge in [0.1, 0.15) is 0 Å². The number of hydrogen-bond acceptors (Lipinski definition) is 7. The van der Waals surface area contributed by atoms with Crippen LogP contribution in [0.5, 0.6) is 0 Å². The van der Waals surface area contributed by atoms with Crippen LogP contribution in [0.15, 0.2) is 59.9 Å². The number of fused-ring (bicyclic) bond motifs is 2. The smallest absolute Gasteiger partial charge is 0.217 e. The Balaban J connectivity index is 1.09. The minimum Gasteiger partial charge on any atom is -0.582 e. The number of Topliss-reactive ketones (excluding diaryl/α,β-unsaturated/α-hetero) is 2. The quantitative estimate of drug-likeness (QED) is 0.653. The molecular formula is C26H29N5O3. The third-order valence-corrected chi connectivity index (χ3v) is 7.58. The Kier molecular flexibility index (Phi) is 5.36. The van der Waals surface area contributed by atoms with E-state index in [1.165, 1.54) is 35.6 Å². The topological polar surface area (TPSA) is 83.4 Å². The number of allylic oxidation sites excluding steroid dienone is 2. The molecule has 2 N–H and O–H groups in total. The molecule has 8 heteroatoms. The summed E-state index contributed by atoms with van der Waals surface area (Å²) in [6.07, 6.45) is 4.11.